The summed E-state index contributed by atoms with van der Waals surface area (Å²) in [5.41, 5.74) is 9.49. The van der Waals surface area contributed by atoms with E-state index in [4.69, 9.17) is 15.2 Å². The standard InChI is InChI=1S/C19H26N4O2/c1-14-13-21-9-7-16(14)8-11-23-19(20)22-10-6-15-4-5-17(24-2)18(12-15)25-3/h4-5,7,9,12-13H,6,8,10-11H2,1-3H3,(H3,20,22,23). The molecule has 6 nitrogen and oxygen atoms in total. The molecular formula is C19H26N4O2. The van der Waals surface area contributed by atoms with Crippen molar-refractivity contribution >= 4 is 5.96 Å². The molecule has 0 aliphatic rings. The smallest absolute Gasteiger partial charge is 0.188 e. The molecule has 0 saturated heterocycles. The van der Waals surface area contributed by atoms with Gasteiger partial charge in [0.1, 0.15) is 0 Å². The minimum absolute atomic E-state index is 0.465. The van der Waals surface area contributed by atoms with Gasteiger partial charge in [-0.05, 0) is 54.7 Å². The van der Waals surface area contributed by atoms with Gasteiger partial charge in [-0.15, -0.1) is 0 Å². The van der Waals surface area contributed by atoms with Gasteiger partial charge in [0.05, 0.1) is 14.2 Å². The van der Waals surface area contributed by atoms with Crippen LogP contribution in [0.15, 0.2) is 41.7 Å². The fourth-order valence-corrected chi connectivity index (χ4v) is 2.51. The van der Waals surface area contributed by atoms with Gasteiger partial charge in [0.2, 0.25) is 0 Å². The molecule has 2 aromatic rings. The predicted octanol–water partition coefficient (Wildman–Crippen LogP) is 2.10. The van der Waals surface area contributed by atoms with Crippen molar-refractivity contribution in [3.8, 4) is 11.5 Å². The lowest BCUT2D eigenvalue weighted by Gasteiger charge is -2.10. The maximum absolute atomic E-state index is 5.92. The largest absolute Gasteiger partial charge is 0.493 e. The zero-order chi connectivity index (χ0) is 18.1. The Hall–Kier alpha value is -2.76. The number of nitrogens with one attached hydrogen (secondary N) is 1. The topological polar surface area (TPSA) is 81.8 Å². The van der Waals surface area contributed by atoms with Crippen LogP contribution in [0.2, 0.25) is 0 Å². The third-order valence-electron chi connectivity index (χ3n) is 3.97. The Labute approximate surface area is 149 Å². The van der Waals surface area contributed by atoms with E-state index in [-0.39, 0.29) is 0 Å². The first kappa shape index (κ1) is 18.6. The van der Waals surface area contributed by atoms with Gasteiger partial charge in [-0.2, -0.15) is 0 Å². The monoisotopic (exact) mass is 342 g/mol. The number of hydrogen-bond acceptors (Lipinski definition) is 4. The number of nitrogens with two attached hydrogens (primary N) is 1. The number of rotatable bonds is 8. The lowest BCUT2D eigenvalue weighted by molar-refractivity contribution is 0.354. The summed E-state index contributed by atoms with van der Waals surface area (Å²) in [4.78, 5) is 8.46. The molecule has 0 amide bonds. The summed E-state index contributed by atoms with van der Waals surface area (Å²) in [7, 11) is 3.26. The van der Waals surface area contributed by atoms with Crippen LogP contribution in [0.5, 0.6) is 11.5 Å². The second-order valence-electron chi connectivity index (χ2n) is 5.69. The zero-order valence-electron chi connectivity index (χ0n) is 15.1. The first-order valence-electron chi connectivity index (χ1n) is 8.28. The van der Waals surface area contributed by atoms with E-state index in [1.165, 1.54) is 11.1 Å². The molecule has 0 aliphatic heterocycles. The molecule has 0 aliphatic carbocycles. The molecule has 0 atom stereocenters. The highest BCUT2D eigenvalue weighted by Crippen LogP contribution is 2.27. The number of guanidine groups is 1. The lowest BCUT2D eigenvalue weighted by Crippen LogP contribution is -2.33. The number of methoxy groups -OCH3 is 2. The van der Waals surface area contributed by atoms with Crippen LogP contribution in [-0.2, 0) is 12.8 Å². The highest BCUT2D eigenvalue weighted by atomic mass is 16.5. The summed E-state index contributed by atoms with van der Waals surface area (Å²) < 4.78 is 10.6. The van der Waals surface area contributed by atoms with Crippen LogP contribution in [0.25, 0.3) is 0 Å². The normalized spacial score (nSPS) is 11.2. The van der Waals surface area contributed by atoms with Crippen molar-refractivity contribution in [2.75, 3.05) is 27.3 Å². The number of aryl methyl sites for hydroxylation is 1. The maximum atomic E-state index is 5.92. The number of pyridine rings is 1. The number of nitrogens with zero attached hydrogens (tertiary/aromatic N) is 2. The number of hydrogen-bond donors (Lipinski definition) is 2. The molecule has 2 rings (SSSR count). The van der Waals surface area contributed by atoms with Crippen molar-refractivity contribution in [1.82, 2.24) is 10.3 Å². The second kappa shape index (κ2) is 9.52. The molecule has 25 heavy (non-hydrogen) atoms. The molecule has 6 heteroatoms. The van der Waals surface area contributed by atoms with E-state index in [9.17, 15) is 0 Å². The summed E-state index contributed by atoms with van der Waals surface area (Å²) in [6.45, 7) is 3.41. The Kier molecular flexibility index (Phi) is 7.07. The highest BCUT2D eigenvalue weighted by molar-refractivity contribution is 5.77. The Balaban J connectivity index is 1.78. The molecule has 0 unspecified atom stereocenters. The third kappa shape index (κ3) is 5.67. The molecule has 0 fully saturated rings. The minimum Gasteiger partial charge on any atom is -0.493 e. The summed E-state index contributed by atoms with van der Waals surface area (Å²) in [5.74, 6) is 1.92. The van der Waals surface area contributed by atoms with Gasteiger partial charge in [-0.25, -0.2) is 0 Å². The van der Waals surface area contributed by atoms with Crippen LogP contribution in [0, 0.1) is 6.92 Å². The van der Waals surface area contributed by atoms with Gasteiger partial charge in [-0.3, -0.25) is 9.98 Å². The van der Waals surface area contributed by atoms with Gasteiger partial charge in [-0.1, -0.05) is 6.07 Å². The molecule has 1 heterocycles. The first-order valence-corrected chi connectivity index (χ1v) is 8.28. The minimum atomic E-state index is 0.465. The molecule has 1 aromatic carbocycles. The quantitative estimate of drug-likeness (QED) is 0.567. The number of benzene rings is 1. The fraction of sp³-hybridized carbons (Fsp3) is 0.368. The summed E-state index contributed by atoms with van der Waals surface area (Å²) in [5, 5.41) is 3.14. The van der Waals surface area contributed by atoms with E-state index in [2.05, 4.69) is 22.2 Å². The molecule has 0 spiro atoms. The van der Waals surface area contributed by atoms with Gasteiger partial charge in [0, 0.05) is 25.5 Å². The zero-order valence-corrected chi connectivity index (χ0v) is 15.1. The third-order valence-corrected chi connectivity index (χ3v) is 3.97. The van der Waals surface area contributed by atoms with Gasteiger partial charge in [0.15, 0.2) is 17.5 Å². The molecule has 0 bridgehead atoms. The lowest BCUT2D eigenvalue weighted by atomic mass is 10.1. The van der Waals surface area contributed by atoms with Crippen LogP contribution >= 0.6 is 0 Å². The summed E-state index contributed by atoms with van der Waals surface area (Å²) in [6.07, 6.45) is 5.34. The molecule has 134 valence electrons. The molecule has 3 N–H and O–H groups in total. The molecule has 0 radical (unpaired) electrons. The van der Waals surface area contributed by atoms with E-state index in [0.717, 1.165) is 29.9 Å². The Morgan fingerprint density at radius 3 is 2.68 bits per heavy atom. The van der Waals surface area contributed by atoms with E-state index in [0.29, 0.717) is 19.0 Å². The highest BCUT2D eigenvalue weighted by Gasteiger charge is 2.04. The second-order valence-corrected chi connectivity index (χ2v) is 5.69. The van der Waals surface area contributed by atoms with Crippen LogP contribution in [0.3, 0.4) is 0 Å². The molecular weight excluding hydrogens is 316 g/mol. The number of aromatic nitrogens is 1. The number of aliphatic imine (C=N–C) groups is 1. The van der Waals surface area contributed by atoms with Crippen molar-refractivity contribution in [2.45, 2.75) is 19.8 Å². The van der Waals surface area contributed by atoms with Crippen molar-refractivity contribution in [3.05, 3.63) is 53.3 Å². The average Bonchev–Trinajstić information content (AvgIpc) is 2.63. The van der Waals surface area contributed by atoms with Gasteiger partial charge < -0.3 is 20.5 Å². The van der Waals surface area contributed by atoms with Crippen molar-refractivity contribution in [3.63, 3.8) is 0 Å². The Morgan fingerprint density at radius 1 is 1.16 bits per heavy atom. The number of ether oxygens (including phenoxy) is 2. The van der Waals surface area contributed by atoms with Crippen LogP contribution in [0.4, 0.5) is 0 Å². The van der Waals surface area contributed by atoms with E-state index in [1.54, 1.807) is 20.4 Å². The van der Waals surface area contributed by atoms with Crippen molar-refractivity contribution in [2.24, 2.45) is 10.7 Å². The maximum Gasteiger partial charge on any atom is 0.188 e. The summed E-state index contributed by atoms with van der Waals surface area (Å²) in [6, 6.07) is 7.91. The van der Waals surface area contributed by atoms with Crippen molar-refractivity contribution in [1.29, 1.82) is 0 Å². The molecule has 0 saturated carbocycles. The SMILES string of the molecule is COc1ccc(CCNC(N)=NCCc2ccncc2C)cc1OC. The average molecular weight is 342 g/mol. The van der Waals surface area contributed by atoms with Crippen LogP contribution < -0.4 is 20.5 Å². The van der Waals surface area contributed by atoms with Crippen molar-refractivity contribution < 1.29 is 9.47 Å². The van der Waals surface area contributed by atoms with E-state index < -0.39 is 0 Å². The van der Waals surface area contributed by atoms with Crippen LogP contribution in [0.1, 0.15) is 16.7 Å². The Morgan fingerprint density at radius 2 is 1.96 bits per heavy atom. The van der Waals surface area contributed by atoms with E-state index in [1.807, 2.05) is 30.5 Å². The summed E-state index contributed by atoms with van der Waals surface area (Å²) >= 11 is 0. The fourth-order valence-electron chi connectivity index (χ4n) is 2.51. The van der Waals surface area contributed by atoms with Crippen LogP contribution in [-0.4, -0.2) is 38.3 Å². The predicted molar refractivity (Wildman–Crippen MR) is 100 cm³/mol. The van der Waals surface area contributed by atoms with E-state index >= 15 is 0 Å². The first-order chi connectivity index (χ1) is 12.1. The van der Waals surface area contributed by atoms with Gasteiger partial charge >= 0.3 is 0 Å². The van der Waals surface area contributed by atoms with Gasteiger partial charge in [0.25, 0.3) is 0 Å². The molecule has 1 aromatic heterocycles. The Bertz CT molecular complexity index is 716.